The average Bonchev–Trinajstić information content (AvgIpc) is 2.53. The molecule has 0 bridgehead atoms. The van der Waals surface area contributed by atoms with Crippen molar-refractivity contribution < 1.29 is 9.53 Å². The molecule has 0 aromatic heterocycles. The monoisotopic (exact) mass is 326 g/mol. The van der Waals surface area contributed by atoms with Crippen LogP contribution in [-0.4, -0.2) is 24.6 Å². The molecule has 0 heterocycles. The number of hydrogen-bond acceptors (Lipinski definition) is 3. The molecule has 0 spiro atoms. The summed E-state index contributed by atoms with van der Waals surface area (Å²) >= 11 is 0. The summed E-state index contributed by atoms with van der Waals surface area (Å²) in [6.45, 7) is 6.79. The Labute approximate surface area is 144 Å². The summed E-state index contributed by atoms with van der Waals surface area (Å²) < 4.78 is 5.75. The molecule has 0 fully saturated rings. The molecule has 0 aliphatic heterocycles. The Morgan fingerprint density at radius 1 is 1.00 bits per heavy atom. The number of nitrogens with one attached hydrogen (secondary N) is 2. The molecule has 2 aromatic rings. The topological polar surface area (TPSA) is 50.4 Å². The van der Waals surface area contributed by atoms with E-state index in [9.17, 15) is 4.79 Å². The van der Waals surface area contributed by atoms with E-state index < -0.39 is 0 Å². The first-order chi connectivity index (χ1) is 11.4. The molecule has 2 rings (SSSR count). The zero-order valence-corrected chi connectivity index (χ0v) is 14.6. The van der Waals surface area contributed by atoms with E-state index in [-0.39, 0.29) is 18.0 Å². The molecule has 0 saturated carbocycles. The van der Waals surface area contributed by atoms with Crippen molar-refractivity contribution in [3.8, 4) is 5.75 Å². The van der Waals surface area contributed by atoms with Crippen molar-refractivity contribution in [2.75, 3.05) is 18.5 Å². The van der Waals surface area contributed by atoms with Crippen LogP contribution in [-0.2, 0) is 11.2 Å². The lowest BCUT2D eigenvalue weighted by Crippen LogP contribution is -2.43. The van der Waals surface area contributed by atoms with E-state index >= 15 is 0 Å². The van der Waals surface area contributed by atoms with Crippen molar-refractivity contribution in [1.82, 2.24) is 5.32 Å². The van der Waals surface area contributed by atoms with E-state index in [1.54, 1.807) is 0 Å². The zero-order chi connectivity index (χ0) is 17.4. The van der Waals surface area contributed by atoms with E-state index in [1.807, 2.05) is 63.2 Å². The summed E-state index contributed by atoms with van der Waals surface area (Å²) in [6.07, 6.45) is 0.883. The summed E-state index contributed by atoms with van der Waals surface area (Å²) in [5.74, 6) is 0.807. The lowest BCUT2D eigenvalue weighted by atomic mass is 10.1. The third-order valence-electron chi connectivity index (χ3n) is 3.32. The highest BCUT2D eigenvalue weighted by Gasteiger charge is 2.12. The molecule has 0 radical (unpaired) electrons. The van der Waals surface area contributed by atoms with E-state index in [4.69, 9.17) is 4.74 Å². The van der Waals surface area contributed by atoms with Gasteiger partial charge in [-0.1, -0.05) is 30.3 Å². The van der Waals surface area contributed by atoms with E-state index in [0.29, 0.717) is 6.61 Å². The number of amides is 1. The summed E-state index contributed by atoms with van der Waals surface area (Å²) in [4.78, 5) is 11.8. The molecule has 0 unspecified atom stereocenters. The van der Waals surface area contributed by atoms with Crippen LogP contribution in [0.2, 0.25) is 0 Å². The average molecular weight is 326 g/mol. The van der Waals surface area contributed by atoms with Gasteiger partial charge in [-0.2, -0.15) is 0 Å². The molecular formula is C20H26N2O2. The lowest BCUT2D eigenvalue weighted by Gasteiger charge is -2.20. The van der Waals surface area contributed by atoms with Gasteiger partial charge < -0.3 is 15.4 Å². The maximum Gasteiger partial charge on any atom is 0.239 e. The van der Waals surface area contributed by atoms with Crippen LogP contribution in [0.1, 0.15) is 26.3 Å². The Bertz CT molecular complexity index is 631. The van der Waals surface area contributed by atoms with Crippen molar-refractivity contribution >= 4 is 11.6 Å². The largest absolute Gasteiger partial charge is 0.493 e. The molecule has 128 valence electrons. The van der Waals surface area contributed by atoms with Crippen LogP contribution in [0.3, 0.4) is 0 Å². The fourth-order valence-corrected chi connectivity index (χ4v) is 2.25. The molecule has 1 amide bonds. The second kappa shape index (κ2) is 8.39. The number of rotatable bonds is 7. The number of benzene rings is 2. The maximum absolute atomic E-state index is 11.8. The van der Waals surface area contributed by atoms with E-state index in [2.05, 4.69) is 22.8 Å². The molecule has 24 heavy (non-hydrogen) atoms. The highest BCUT2D eigenvalue weighted by molar-refractivity contribution is 5.81. The molecule has 0 aliphatic rings. The smallest absolute Gasteiger partial charge is 0.239 e. The maximum atomic E-state index is 11.8. The first-order valence-electron chi connectivity index (χ1n) is 8.24. The summed E-state index contributed by atoms with van der Waals surface area (Å²) in [6, 6.07) is 17.9. The summed E-state index contributed by atoms with van der Waals surface area (Å²) in [5.41, 5.74) is 1.95. The lowest BCUT2D eigenvalue weighted by molar-refractivity contribution is -0.120. The van der Waals surface area contributed by atoms with Crippen LogP contribution in [0.15, 0.2) is 54.6 Å². The van der Waals surface area contributed by atoms with Crippen molar-refractivity contribution in [2.45, 2.75) is 32.7 Å². The van der Waals surface area contributed by atoms with Gasteiger partial charge in [0.25, 0.3) is 0 Å². The Morgan fingerprint density at radius 2 is 1.67 bits per heavy atom. The van der Waals surface area contributed by atoms with Crippen molar-refractivity contribution in [3.63, 3.8) is 0 Å². The number of hydrogen-bond donors (Lipinski definition) is 2. The third kappa shape index (κ3) is 6.73. The van der Waals surface area contributed by atoms with Gasteiger partial charge in [-0.25, -0.2) is 0 Å². The zero-order valence-electron chi connectivity index (χ0n) is 14.6. The highest BCUT2D eigenvalue weighted by Crippen LogP contribution is 2.16. The molecule has 4 nitrogen and oxygen atoms in total. The Morgan fingerprint density at radius 3 is 2.29 bits per heavy atom. The predicted octanol–water partition coefficient (Wildman–Crippen LogP) is 3.63. The van der Waals surface area contributed by atoms with Gasteiger partial charge in [0.1, 0.15) is 5.75 Å². The van der Waals surface area contributed by atoms with E-state index in [0.717, 1.165) is 17.9 Å². The SMILES string of the molecule is CC(C)(C)NC(=O)CNc1ccc(OCCc2ccccc2)cc1. The Kier molecular flexibility index (Phi) is 6.24. The summed E-state index contributed by atoms with van der Waals surface area (Å²) in [7, 11) is 0. The minimum absolute atomic E-state index is 0.0225. The molecular weight excluding hydrogens is 300 g/mol. The fourth-order valence-electron chi connectivity index (χ4n) is 2.25. The standard InChI is InChI=1S/C20H26N2O2/c1-20(2,3)22-19(23)15-21-17-9-11-18(12-10-17)24-14-13-16-7-5-4-6-8-16/h4-12,21H,13-15H2,1-3H3,(H,22,23). The molecule has 2 N–H and O–H groups in total. The minimum atomic E-state index is -0.213. The van der Waals surface area contributed by atoms with Crippen molar-refractivity contribution in [3.05, 3.63) is 60.2 Å². The molecule has 0 saturated heterocycles. The summed E-state index contributed by atoms with van der Waals surface area (Å²) in [5, 5.41) is 6.03. The van der Waals surface area contributed by atoms with E-state index in [1.165, 1.54) is 5.56 Å². The quantitative estimate of drug-likeness (QED) is 0.817. The van der Waals surface area contributed by atoms with Crippen molar-refractivity contribution in [2.24, 2.45) is 0 Å². The van der Waals surface area contributed by atoms with Gasteiger partial charge in [-0.3, -0.25) is 4.79 Å². The molecule has 0 atom stereocenters. The van der Waals surface area contributed by atoms with Crippen LogP contribution < -0.4 is 15.4 Å². The Balaban J connectivity index is 1.73. The Hall–Kier alpha value is -2.49. The van der Waals surface area contributed by atoms with Gasteiger partial charge in [-0.15, -0.1) is 0 Å². The molecule has 0 aliphatic carbocycles. The fraction of sp³-hybridized carbons (Fsp3) is 0.350. The van der Waals surface area contributed by atoms with Gasteiger partial charge in [0.05, 0.1) is 13.2 Å². The molecule has 4 heteroatoms. The van der Waals surface area contributed by atoms with Crippen LogP contribution in [0.5, 0.6) is 5.75 Å². The van der Waals surface area contributed by atoms with Crippen LogP contribution in [0.25, 0.3) is 0 Å². The first kappa shape index (κ1) is 17.9. The number of anilines is 1. The number of ether oxygens (including phenoxy) is 1. The number of carbonyl (C=O) groups excluding carboxylic acids is 1. The van der Waals surface area contributed by atoms with Crippen LogP contribution >= 0.6 is 0 Å². The van der Waals surface area contributed by atoms with Crippen LogP contribution in [0, 0.1) is 0 Å². The normalized spacial score (nSPS) is 11.0. The molecule has 2 aromatic carbocycles. The van der Waals surface area contributed by atoms with Gasteiger partial charge in [0, 0.05) is 17.6 Å². The van der Waals surface area contributed by atoms with Gasteiger partial charge in [0.2, 0.25) is 5.91 Å². The predicted molar refractivity (Wildman–Crippen MR) is 98.5 cm³/mol. The van der Waals surface area contributed by atoms with Gasteiger partial charge >= 0.3 is 0 Å². The minimum Gasteiger partial charge on any atom is -0.493 e. The second-order valence-corrected chi connectivity index (χ2v) is 6.76. The van der Waals surface area contributed by atoms with Crippen molar-refractivity contribution in [1.29, 1.82) is 0 Å². The highest BCUT2D eigenvalue weighted by atomic mass is 16.5. The third-order valence-corrected chi connectivity index (χ3v) is 3.32. The van der Waals surface area contributed by atoms with Gasteiger partial charge in [0.15, 0.2) is 0 Å². The van der Waals surface area contributed by atoms with Gasteiger partial charge in [-0.05, 0) is 50.6 Å². The van der Waals surface area contributed by atoms with Crippen LogP contribution in [0.4, 0.5) is 5.69 Å². The first-order valence-corrected chi connectivity index (χ1v) is 8.24. The second-order valence-electron chi connectivity index (χ2n) is 6.76. The number of carbonyl (C=O) groups is 1.